The summed E-state index contributed by atoms with van der Waals surface area (Å²) in [7, 11) is 1.76. The highest BCUT2D eigenvalue weighted by Crippen LogP contribution is 2.22. The molecule has 29 heavy (non-hydrogen) atoms. The van der Waals surface area contributed by atoms with E-state index in [1.807, 2.05) is 6.92 Å². The number of likely N-dealkylation sites (N-methyl/N-ethyl adjacent to an activating group) is 1. The second kappa shape index (κ2) is 11.0. The van der Waals surface area contributed by atoms with Crippen molar-refractivity contribution in [1.29, 1.82) is 0 Å². The number of methoxy groups -OCH3 is 1. The first-order valence-corrected chi connectivity index (χ1v) is 11.1. The van der Waals surface area contributed by atoms with Crippen molar-refractivity contribution in [3.05, 3.63) is 23.8 Å². The maximum Gasteiger partial charge on any atom is 0.274 e. The molecule has 7 heteroatoms. The minimum atomic E-state index is 0.0299. The van der Waals surface area contributed by atoms with Crippen molar-refractivity contribution in [2.75, 3.05) is 59.5 Å². The van der Waals surface area contributed by atoms with Gasteiger partial charge in [-0.2, -0.15) is 0 Å². The molecule has 2 aliphatic rings. The summed E-state index contributed by atoms with van der Waals surface area (Å²) in [4.78, 5) is 29.0. The minimum absolute atomic E-state index is 0.0299. The van der Waals surface area contributed by atoms with E-state index < -0.39 is 0 Å². The molecule has 2 fully saturated rings. The van der Waals surface area contributed by atoms with Crippen LogP contribution < -0.4 is 0 Å². The Labute approximate surface area is 175 Å². The molecule has 0 bridgehead atoms. The van der Waals surface area contributed by atoms with Crippen LogP contribution in [-0.2, 0) is 4.74 Å². The molecule has 3 heterocycles. The Hall–Kier alpha value is -1.57. The molecule has 0 aromatic carbocycles. The van der Waals surface area contributed by atoms with Gasteiger partial charge in [-0.05, 0) is 64.7 Å². The number of hydrogen-bond donors (Lipinski definition) is 0. The van der Waals surface area contributed by atoms with Gasteiger partial charge in [0.2, 0.25) is 0 Å². The largest absolute Gasteiger partial charge is 0.383 e. The molecule has 0 aliphatic carbocycles. The van der Waals surface area contributed by atoms with E-state index in [1.54, 1.807) is 19.5 Å². The lowest BCUT2D eigenvalue weighted by atomic mass is 9.95. The number of rotatable bonds is 9. The summed E-state index contributed by atoms with van der Waals surface area (Å²) in [6.45, 7) is 11.9. The number of carbonyl (C=O) groups is 1. The standard InChI is InChI=1S/C22H37N5O2/c1-4-26-9-5-6-20(26)17-27(22(28)21-15-23-18(2)14-24-21)16-19-7-10-25(11-8-19)12-13-29-3/h14-15,19-20H,4-13,16-17H2,1-3H3/t20-/m1/s1. The quantitative estimate of drug-likeness (QED) is 0.629. The van der Waals surface area contributed by atoms with Crippen LogP contribution >= 0.6 is 0 Å². The van der Waals surface area contributed by atoms with Crippen molar-refractivity contribution in [2.24, 2.45) is 5.92 Å². The van der Waals surface area contributed by atoms with Crippen LogP contribution in [0.25, 0.3) is 0 Å². The lowest BCUT2D eigenvalue weighted by Gasteiger charge is -2.36. The fraction of sp³-hybridized carbons (Fsp3) is 0.773. The second-order valence-electron chi connectivity index (χ2n) is 8.46. The number of hydrogen-bond acceptors (Lipinski definition) is 6. The molecule has 2 saturated heterocycles. The van der Waals surface area contributed by atoms with E-state index in [0.717, 1.165) is 71.0 Å². The molecule has 0 unspecified atom stereocenters. The van der Waals surface area contributed by atoms with Gasteiger partial charge in [0.25, 0.3) is 5.91 Å². The summed E-state index contributed by atoms with van der Waals surface area (Å²) >= 11 is 0. The zero-order valence-corrected chi connectivity index (χ0v) is 18.3. The molecular formula is C22H37N5O2. The smallest absolute Gasteiger partial charge is 0.274 e. The first-order chi connectivity index (χ1) is 14.1. The monoisotopic (exact) mass is 403 g/mol. The van der Waals surface area contributed by atoms with Gasteiger partial charge in [0.15, 0.2) is 0 Å². The fourth-order valence-corrected chi connectivity index (χ4v) is 4.60. The number of ether oxygens (including phenoxy) is 1. The maximum absolute atomic E-state index is 13.3. The molecule has 1 atom stereocenters. The first-order valence-electron chi connectivity index (χ1n) is 11.1. The summed E-state index contributed by atoms with van der Waals surface area (Å²) < 4.78 is 5.21. The summed E-state index contributed by atoms with van der Waals surface area (Å²) in [5, 5.41) is 0. The van der Waals surface area contributed by atoms with Gasteiger partial charge in [0.05, 0.1) is 18.5 Å². The van der Waals surface area contributed by atoms with Crippen LogP contribution in [0.2, 0.25) is 0 Å². The van der Waals surface area contributed by atoms with Crippen molar-refractivity contribution in [2.45, 2.75) is 45.6 Å². The molecule has 2 aliphatic heterocycles. The minimum Gasteiger partial charge on any atom is -0.383 e. The Morgan fingerprint density at radius 1 is 1.17 bits per heavy atom. The van der Waals surface area contributed by atoms with Crippen molar-refractivity contribution in [3.63, 3.8) is 0 Å². The third-order valence-electron chi connectivity index (χ3n) is 6.42. The number of piperidine rings is 1. The van der Waals surface area contributed by atoms with Crippen LogP contribution in [0, 0.1) is 12.8 Å². The van der Waals surface area contributed by atoms with Crippen LogP contribution in [0.5, 0.6) is 0 Å². The molecule has 3 rings (SSSR count). The average molecular weight is 404 g/mol. The van der Waals surface area contributed by atoms with E-state index in [-0.39, 0.29) is 5.91 Å². The lowest BCUT2D eigenvalue weighted by Crippen LogP contribution is -2.47. The van der Waals surface area contributed by atoms with Crippen LogP contribution in [0.15, 0.2) is 12.4 Å². The summed E-state index contributed by atoms with van der Waals surface area (Å²) in [6, 6.07) is 0.462. The molecule has 162 valence electrons. The van der Waals surface area contributed by atoms with Crippen molar-refractivity contribution >= 4 is 5.91 Å². The summed E-state index contributed by atoms with van der Waals surface area (Å²) in [6.07, 6.45) is 7.98. The van der Waals surface area contributed by atoms with E-state index in [2.05, 4.69) is 31.6 Å². The molecule has 7 nitrogen and oxygen atoms in total. The molecule has 0 spiro atoms. The molecular weight excluding hydrogens is 366 g/mol. The van der Waals surface area contributed by atoms with E-state index in [4.69, 9.17) is 4.74 Å². The number of aryl methyl sites for hydroxylation is 1. The normalized spacial score (nSPS) is 21.6. The zero-order chi connectivity index (χ0) is 20.6. The van der Waals surface area contributed by atoms with Crippen LogP contribution in [0.1, 0.15) is 48.8 Å². The first kappa shape index (κ1) is 22.1. The average Bonchev–Trinajstić information content (AvgIpc) is 3.20. The van der Waals surface area contributed by atoms with E-state index >= 15 is 0 Å². The van der Waals surface area contributed by atoms with Crippen LogP contribution in [-0.4, -0.2) is 96.1 Å². The topological polar surface area (TPSA) is 61.8 Å². The van der Waals surface area contributed by atoms with Gasteiger partial charge in [-0.1, -0.05) is 6.92 Å². The van der Waals surface area contributed by atoms with E-state index in [0.29, 0.717) is 17.7 Å². The Bertz CT molecular complexity index is 631. The zero-order valence-electron chi connectivity index (χ0n) is 18.3. The number of carbonyl (C=O) groups excluding carboxylic acids is 1. The third kappa shape index (κ3) is 6.20. The Kier molecular flexibility index (Phi) is 8.39. The highest BCUT2D eigenvalue weighted by molar-refractivity contribution is 5.92. The number of nitrogens with zero attached hydrogens (tertiary/aromatic N) is 5. The number of aromatic nitrogens is 2. The lowest BCUT2D eigenvalue weighted by molar-refractivity contribution is 0.0611. The molecule has 1 aromatic heterocycles. The van der Waals surface area contributed by atoms with Crippen molar-refractivity contribution in [1.82, 2.24) is 24.7 Å². The summed E-state index contributed by atoms with van der Waals surface area (Å²) in [5.41, 5.74) is 1.30. The van der Waals surface area contributed by atoms with E-state index in [9.17, 15) is 4.79 Å². The van der Waals surface area contributed by atoms with E-state index in [1.165, 1.54) is 12.8 Å². The van der Waals surface area contributed by atoms with Crippen LogP contribution in [0.3, 0.4) is 0 Å². The third-order valence-corrected chi connectivity index (χ3v) is 6.42. The number of likely N-dealkylation sites (tertiary alicyclic amines) is 2. The predicted octanol–water partition coefficient (Wildman–Crippen LogP) is 2.07. The molecule has 0 N–H and O–H groups in total. The molecule has 1 amide bonds. The Morgan fingerprint density at radius 3 is 2.62 bits per heavy atom. The van der Waals surface area contributed by atoms with Gasteiger partial charge in [-0.25, -0.2) is 4.98 Å². The van der Waals surface area contributed by atoms with Gasteiger partial charge in [-0.3, -0.25) is 14.7 Å². The Morgan fingerprint density at radius 2 is 1.97 bits per heavy atom. The summed E-state index contributed by atoms with van der Waals surface area (Å²) in [5.74, 6) is 0.579. The fourth-order valence-electron chi connectivity index (χ4n) is 4.60. The highest BCUT2D eigenvalue weighted by atomic mass is 16.5. The second-order valence-corrected chi connectivity index (χ2v) is 8.46. The molecule has 0 saturated carbocycles. The van der Waals surface area contributed by atoms with Crippen LogP contribution in [0.4, 0.5) is 0 Å². The van der Waals surface area contributed by atoms with Crippen molar-refractivity contribution < 1.29 is 9.53 Å². The highest BCUT2D eigenvalue weighted by Gasteiger charge is 2.30. The van der Waals surface area contributed by atoms with Gasteiger partial charge < -0.3 is 14.5 Å². The van der Waals surface area contributed by atoms with Gasteiger partial charge >= 0.3 is 0 Å². The molecule has 0 radical (unpaired) electrons. The SMILES string of the molecule is CCN1CCC[C@@H]1CN(CC1CCN(CCOC)CC1)C(=O)c1cnc(C)cn1. The van der Waals surface area contributed by atoms with Gasteiger partial charge in [0, 0.05) is 39.0 Å². The number of amides is 1. The Balaban J connectivity index is 1.64. The van der Waals surface area contributed by atoms with Crippen molar-refractivity contribution in [3.8, 4) is 0 Å². The molecule has 1 aromatic rings. The van der Waals surface area contributed by atoms with Gasteiger partial charge in [0.1, 0.15) is 5.69 Å². The van der Waals surface area contributed by atoms with Gasteiger partial charge in [-0.15, -0.1) is 0 Å². The predicted molar refractivity (Wildman–Crippen MR) is 114 cm³/mol. The maximum atomic E-state index is 13.3.